The van der Waals surface area contributed by atoms with E-state index in [4.69, 9.17) is 10.5 Å². The zero-order valence-electron chi connectivity index (χ0n) is 20.7. The first-order valence-corrected chi connectivity index (χ1v) is 12.0. The lowest BCUT2D eigenvalue weighted by molar-refractivity contribution is -0.125. The number of hydrogen-bond acceptors (Lipinski definition) is 7. The molecule has 1 unspecified atom stereocenters. The Morgan fingerprint density at radius 2 is 1.74 bits per heavy atom. The number of rotatable bonds is 18. The third-order valence-electron chi connectivity index (χ3n) is 5.70. The highest BCUT2D eigenvalue weighted by molar-refractivity contribution is 6.04. The number of nitrogens with two attached hydrogens (primary N) is 1. The molecule has 0 spiro atoms. The molecule has 0 fully saturated rings. The van der Waals surface area contributed by atoms with Gasteiger partial charge in [0.2, 0.25) is 12.3 Å². The highest BCUT2D eigenvalue weighted by Crippen LogP contribution is 2.24. The zero-order valence-corrected chi connectivity index (χ0v) is 20.7. The number of nitrogens with zero attached hydrogens (tertiary/aromatic N) is 1. The molecule has 10 heteroatoms. The Bertz CT molecular complexity index is 845. The van der Waals surface area contributed by atoms with Crippen LogP contribution in [0, 0.1) is 0 Å². The van der Waals surface area contributed by atoms with Crippen molar-refractivity contribution < 1.29 is 28.7 Å². The predicted octanol–water partition coefficient (Wildman–Crippen LogP) is 1.81. The zero-order chi connectivity index (χ0) is 26.1. The third-order valence-corrected chi connectivity index (χ3v) is 5.70. The summed E-state index contributed by atoms with van der Waals surface area (Å²) in [6.07, 6.45) is 7.54. The van der Waals surface area contributed by atoms with E-state index in [-0.39, 0.29) is 41.9 Å². The van der Waals surface area contributed by atoms with Gasteiger partial charge in [0.15, 0.2) is 12.9 Å². The second kappa shape index (κ2) is 17.2. The van der Waals surface area contributed by atoms with Gasteiger partial charge in [-0.1, -0.05) is 37.8 Å². The van der Waals surface area contributed by atoms with Crippen molar-refractivity contribution in [2.75, 3.05) is 26.7 Å². The van der Waals surface area contributed by atoms with E-state index in [0.717, 1.165) is 45.1 Å². The molecule has 0 aliphatic heterocycles. The smallest absolute Gasteiger partial charge is 0.258 e. The second-order valence-electron chi connectivity index (χ2n) is 8.38. The van der Waals surface area contributed by atoms with Gasteiger partial charge in [0.1, 0.15) is 5.75 Å². The van der Waals surface area contributed by atoms with Crippen molar-refractivity contribution in [2.24, 2.45) is 5.73 Å². The fourth-order valence-electron chi connectivity index (χ4n) is 3.44. The monoisotopic (exact) mass is 490 g/mol. The SMILES string of the molecule is CC(CCC(=O)NC=O)N(C)C(=O)c1c(C=O)cccc1OCC(=O)NCCCCCCCCN. The van der Waals surface area contributed by atoms with E-state index in [1.807, 2.05) is 0 Å². The summed E-state index contributed by atoms with van der Waals surface area (Å²) in [5.41, 5.74) is 5.67. The molecule has 1 aromatic carbocycles. The first-order valence-electron chi connectivity index (χ1n) is 12.0. The Morgan fingerprint density at radius 3 is 2.40 bits per heavy atom. The minimum Gasteiger partial charge on any atom is -0.483 e. The van der Waals surface area contributed by atoms with Crippen LogP contribution >= 0.6 is 0 Å². The number of unbranched alkanes of at least 4 members (excludes halogenated alkanes) is 5. The molecule has 1 rings (SSSR count). The fraction of sp³-hybridized carbons (Fsp3) is 0.560. The van der Waals surface area contributed by atoms with Crippen molar-refractivity contribution in [3.05, 3.63) is 29.3 Å². The quantitative estimate of drug-likeness (QED) is 0.210. The number of carbonyl (C=O) groups is 5. The summed E-state index contributed by atoms with van der Waals surface area (Å²) in [5.74, 6) is -1.10. The van der Waals surface area contributed by atoms with E-state index in [9.17, 15) is 24.0 Å². The second-order valence-corrected chi connectivity index (χ2v) is 8.38. The van der Waals surface area contributed by atoms with Gasteiger partial charge in [-0.25, -0.2) is 0 Å². The van der Waals surface area contributed by atoms with Crippen LogP contribution in [-0.2, 0) is 14.4 Å². The van der Waals surface area contributed by atoms with Crippen LogP contribution in [0.3, 0.4) is 0 Å². The van der Waals surface area contributed by atoms with Crippen LogP contribution in [0.25, 0.3) is 0 Å². The maximum absolute atomic E-state index is 13.2. The van der Waals surface area contributed by atoms with Crippen molar-refractivity contribution in [1.29, 1.82) is 0 Å². The summed E-state index contributed by atoms with van der Waals surface area (Å²) in [7, 11) is 1.55. The standard InChI is InChI=1S/C25H38N4O6/c1-19(12-13-22(32)28-18-31)29(2)25(34)24-20(16-30)10-9-11-21(24)35-17-23(33)27-15-8-6-4-3-5-7-14-26/h9-11,16,18-19H,3-8,12-15,17,26H2,1-2H3,(H,27,33)(H,28,31,32). The van der Waals surface area contributed by atoms with E-state index in [1.165, 1.54) is 17.0 Å². The molecule has 0 aliphatic rings. The molecule has 0 aliphatic carbocycles. The molecule has 4 N–H and O–H groups in total. The number of ether oxygens (including phenoxy) is 1. The van der Waals surface area contributed by atoms with Crippen molar-refractivity contribution in [1.82, 2.24) is 15.5 Å². The van der Waals surface area contributed by atoms with E-state index >= 15 is 0 Å². The van der Waals surface area contributed by atoms with E-state index in [2.05, 4.69) is 10.6 Å². The van der Waals surface area contributed by atoms with Gasteiger partial charge in [0.05, 0.1) is 5.56 Å². The average molecular weight is 491 g/mol. The Morgan fingerprint density at radius 1 is 1.06 bits per heavy atom. The van der Waals surface area contributed by atoms with Crippen LogP contribution in [0.4, 0.5) is 0 Å². The number of aldehydes is 1. The normalized spacial score (nSPS) is 11.3. The maximum Gasteiger partial charge on any atom is 0.258 e. The molecule has 35 heavy (non-hydrogen) atoms. The molecule has 0 heterocycles. The van der Waals surface area contributed by atoms with Crippen molar-refractivity contribution >= 4 is 30.4 Å². The lowest BCUT2D eigenvalue weighted by atomic mass is 10.0. The minimum atomic E-state index is -0.471. The lowest BCUT2D eigenvalue weighted by Crippen LogP contribution is -2.37. The van der Waals surface area contributed by atoms with Crippen molar-refractivity contribution in [3.8, 4) is 5.75 Å². The van der Waals surface area contributed by atoms with Gasteiger partial charge < -0.3 is 20.7 Å². The summed E-state index contributed by atoms with van der Waals surface area (Å²) in [6, 6.07) is 4.25. The van der Waals surface area contributed by atoms with E-state index < -0.39 is 11.8 Å². The van der Waals surface area contributed by atoms with Crippen LogP contribution < -0.4 is 21.1 Å². The molecule has 1 atom stereocenters. The van der Waals surface area contributed by atoms with Gasteiger partial charge in [-0.15, -0.1) is 0 Å². The summed E-state index contributed by atoms with van der Waals surface area (Å²) in [6.45, 7) is 2.72. The van der Waals surface area contributed by atoms with Crippen LogP contribution in [0.1, 0.15) is 79.0 Å². The van der Waals surface area contributed by atoms with Crippen LogP contribution in [0.5, 0.6) is 5.75 Å². The molecule has 0 saturated heterocycles. The highest BCUT2D eigenvalue weighted by Gasteiger charge is 2.24. The number of benzene rings is 1. The Kier molecular flexibility index (Phi) is 14.6. The van der Waals surface area contributed by atoms with Gasteiger partial charge in [0.25, 0.3) is 11.8 Å². The highest BCUT2D eigenvalue weighted by atomic mass is 16.5. The Balaban J connectivity index is 2.65. The van der Waals surface area contributed by atoms with E-state index in [0.29, 0.717) is 25.7 Å². The maximum atomic E-state index is 13.2. The molecule has 0 bridgehead atoms. The third kappa shape index (κ3) is 11.1. The summed E-state index contributed by atoms with van der Waals surface area (Å²) in [5, 5.41) is 4.86. The van der Waals surface area contributed by atoms with Crippen molar-refractivity contribution in [3.63, 3.8) is 0 Å². The first kappa shape index (κ1) is 29.8. The molecule has 0 radical (unpaired) electrons. The molecule has 0 aromatic heterocycles. The van der Waals surface area contributed by atoms with Gasteiger partial charge in [-0.3, -0.25) is 29.3 Å². The largest absolute Gasteiger partial charge is 0.483 e. The molecular weight excluding hydrogens is 452 g/mol. The van der Waals surface area contributed by atoms with Gasteiger partial charge in [-0.05, 0) is 38.8 Å². The van der Waals surface area contributed by atoms with Crippen LogP contribution in [-0.4, -0.2) is 68.1 Å². The average Bonchev–Trinajstić information content (AvgIpc) is 2.86. The lowest BCUT2D eigenvalue weighted by Gasteiger charge is -2.26. The summed E-state index contributed by atoms with van der Waals surface area (Å²) < 4.78 is 5.61. The van der Waals surface area contributed by atoms with E-state index in [1.54, 1.807) is 20.0 Å². The van der Waals surface area contributed by atoms with Gasteiger partial charge in [-0.2, -0.15) is 0 Å². The Labute approximate surface area is 206 Å². The molecule has 1 aromatic rings. The minimum absolute atomic E-state index is 0.0551. The van der Waals surface area contributed by atoms with Crippen LogP contribution in [0.2, 0.25) is 0 Å². The number of carbonyl (C=O) groups excluding carboxylic acids is 5. The molecule has 10 nitrogen and oxygen atoms in total. The number of amides is 4. The molecule has 194 valence electrons. The summed E-state index contributed by atoms with van der Waals surface area (Å²) in [4.78, 5) is 60.2. The predicted molar refractivity (Wildman–Crippen MR) is 132 cm³/mol. The van der Waals surface area contributed by atoms with Gasteiger partial charge >= 0.3 is 0 Å². The number of imide groups is 1. The first-order chi connectivity index (χ1) is 16.8. The fourth-order valence-corrected chi connectivity index (χ4v) is 3.44. The Hall–Kier alpha value is -3.27. The van der Waals surface area contributed by atoms with Crippen LogP contribution in [0.15, 0.2) is 18.2 Å². The topological polar surface area (TPSA) is 148 Å². The molecule has 4 amide bonds. The summed E-state index contributed by atoms with van der Waals surface area (Å²) >= 11 is 0. The van der Waals surface area contributed by atoms with Crippen molar-refractivity contribution in [2.45, 2.75) is 64.3 Å². The number of hydrogen-bond donors (Lipinski definition) is 3. The number of nitrogens with one attached hydrogen (secondary N) is 2. The van der Waals surface area contributed by atoms with Gasteiger partial charge in [0, 0.05) is 31.6 Å². The molecule has 0 saturated carbocycles. The molecular formula is C25H38N4O6.